The van der Waals surface area contributed by atoms with Gasteiger partial charge in [0.25, 0.3) is 0 Å². The Bertz CT molecular complexity index is 353. The second-order valence-electron chi connectivity index (χ2n) is 2.31. The van der Waals surface area contributed by atoms with Crippen LogP contribution in [0.15, 0.2) is 46.7 Å². The predicted molar refractivity (Wildman–Crippen MR) is 59.1 cm³/mol. The summed E-state index contributed by atoms with van der Waals surface area (Å²) in [5.41, 5.74) is 6.52. The number of nitriles is 1. The third-order valence-corrected chi connectivity index (χ3v) is 1.33. The van der Waals surface area contributed by atoms with Gasteiger partial charge in [0.2, 0.25) is 0 Å². The zero-order valence-corrected chi connectivity index (χ0v) is 8.07. The van der Waals surface area contributed by atoms with Gasteiger partial charge in [0.1, 0.15) is 11.8 Å². The number of hydrogen-bond donors (Lipinski definition) is 1. The molecule has 0 aliphatic carbocycles. The van der Waals surface area contributed by atoms with Crippen LogP contribution in [0, 0.1) is 11.3 Å². The van der Waals surface area contributed by atoms with Gasteiger partial charge < -0.3 is 5.73 Å². The molecule has 0 unspecified atom stereocenters. The number of rotatable bonds is 4. The lowest BCUT2D eigenvalue weighted by molar-refractivity contribution is 1.40. The van der Waals surface area contributed by atoms with Crippen LogP contribution in [0.5, 0.6) is 0 Å². The van der Waals surface area contributed by atoms with Crippen molar-refractivity contribution >= 4 is 11.9 Å². The summed E-state index contributed by atoms with van der Waals surface area (Å²) in [6.45, 7) is 7.11. The van der Waals surface area contributed by atoms with Crippen molar-refractivity contribution in [3.8, 4) is 6.07 Å². The van der Waals surface area contributed by atoms with Crippen molar-refractivity contribution in [2.75, 3.05) is 7.05 Å². The molecule has 0 fully saturated rings. The minimum absolute atomic E-state index is 0.123. The number of hydrogen-bond acceptors (Lipinski definition) is 4. The first-order chi connectivity index (χ1) is 6.65. The maximum Gasteiger partial charge on any atom is 0.133 e. The number of nitrogens with zero attached hydrogens (tertiary/aromatic N) is 3. The summed E-state index contributed by atoms with van der Waals surface area (Å²) in [5, 5.41) is 8.39. The van der Waals surface area contributed by atoms with E-state index < -0.39 is 0 Å². The first-order valence-corrected chi connectivity index (χ1v) is 3.83. The third kappa shape index (κ3) is 4.02. The van der Waals surface area contributed by atoms with Crippen LogP contribution in [-0.4, -0.2) is 19.0 Å². The van der Waals surface area contributed by atoms with Crippen molar-refractivity contribution in [2.24, 2.45) is 15.7 Å². The largest absolute Gasteiger partial charge is 0.405 e. The SMILES string of the molecule is C=C(C#N)N=CC(=C)C(C=CN)=NC. The van der Waals surface area contributed by atoms with Gasteiger partial charge in [0.05, 0.1) is 5.71 Å². The minimum atomic E-state index is 0.123. The molecule has 0 aliphatic rings. The molecule has 0 bridgehead atoms. The van der Waals surface area contributed by atoms with Crippen molar-refractivity contribution in [3.63, 3.8) is 0 Å². The molecule has 72 valence electrons. The van der Waals surface area contributed by atoms with Gasteiger partial charge in [-0.25, -0.2) is 4.99 Å². The van der Waals surface area contributed by atoms with Crippen molar-refractivity contribution in [2.45, 2.75) is 0 Å². The average molecular weight is 188 g/mol. The van der Waals surface area contributed by atoms with Crippen LogP contribution in [0.2, 0.25) is 0 Å². The molecule has 0 atom stereocenters. The first-order valence-electron chi connectivity index (χ1n) is 3.83. The van der Waals surface area contributed by atoms with Crippen LogP contribution in [0.4, 0.5) is 0 Å². The van der Waals surface area contributed by atoms with Gasteiger partial charge in [-0.3, -0.25) is 4.99 Å². The molecule has 0 spiro atoms. The third-order valence-electron chi connectivity index (χ3n) is 1.33. The fraction of sp³-hybridized carbons (Fsp3) is 0.100. The van der Waals surface area contributed by atoms with Crippen LogP contribution in [0.3, 0.4) is 0 Å². The molecule has 0 amide bonds. The summed E-state index contributed by atoms with van der Waals surface area (Å²) in [5.74, 6) is 0. The van der Waals surface area contributed by atoms with Crippen LogP contribution < -0.4 is 5.73 Å². The van der Waals surface area contributed by atoms with E-state index in [9.17, 15) is 0 Å². The van der Waals surface area contributed by atoms with Crippen LogP contribution >= 0.6 is 0 Å². The molecule has 0 aromatic rings. The molecule has 0 heterocycles. The second kappa shape index (κ2) is 6.38. The van der Waals surface area contributed by atoms with E-state index in [1.165, 1.54) is 12.4 Å². The summed E-state index contributed by atoms with van der Waals surface area (Å²) in [7, 11) is 1.62. The summed E-state index contributed by atoms with van der Waals surface area (Å²) in [6, 6.07) is 1.79. The van der Waals surface area contributed by atoms with E-state index in [0.717, 1.165) is 0 Å². The molecule has 4 nitrogen and oxygen atoms in total. The lowest BCUT2D eigenvalue weighted by Crippen LogP contribution is -2.00. The molecule has 0 aromatic carbocycles. The van der Waals surface area contributed by atoms with Crippen molar-refractivity contribution in [3.05, 3.63) is 36.7 Å². The lowest BCUT2D eigenvalue weighted by atomic mass is 10.2. The Morgan fingerprint density at radius 1 is 1.50 bits per heavy atom. The first kappa shape index (κ1) is 11.8. The molecule has 0 rings (SSSR count). The molecule has 14 heavy (non-hydrogen) atoms. The van der Waals surface area contributed by atoms with Gasteiger partial charge >= 0.3 is 0 Å². The molecule has 0 aromatic heterocycles. The highest BCUT2D eigenvalue weighted by Gasteiger charge is 1.96. The summed E-state index contributed by atoms with van der Waals surface area (Å²) < 4.78 is 0. The zero-order valence-electron chi connectivity index (χ0n) is 8.07. The Hall–Kier alpha value is -2.15. The monoisotopic (exact) mass is 188 g/mol. The van der Waals surface area contributed by atoms with Crippen LogP contribution in [0.25, 0.3) is 0 Å². The Morgan fingerprint density at radius 3 is 2.57 bits per heavy atom. The van der Waals surface area contributed by atoms with Crippen molar-refractivity contribution < 1.29 is 0 Å². The maximum absolute atomic E-state index is 8.39. The molecule has 0 aliphatic heterocycles. The summed E-state index contributed by atoms with van der Waals surface area (Å²) in [6.07, 6.45) is 4.39. The normalized spacial score (nSPS) is 11.9. The highest BCUT2D eigenvalue weighted by molar-refractivity contribution is 6.20. The number of nitrogens with two attached hydrogens (primary N) is 1. The fourth-order valence-corrected chi connectivity index (χ4v) is 0.667. The molecule has 0 saturated heterocycles. The Balaban J connectivity index is 4.58. The molecule has 0 saturated carbocycles. The Labute approximate surface area is 83.5 Å². The second-order valence-corrected chi connectivity index (χ2v) is 2.31. The average Bonchev–Trinajstić information content (AvgIpc) is 2.21. The molecule has 2 N–H and O–H groups in total. The van der Waals surface area contributed by atoms with E-state index in [1.54, 1.807) is 19.2 Å². The minimum Gasteiger partial charge on any atom is -0.405 e. The van der Waals surface area contributed by atoms with E-state index in [4.69, 9.17) is 11.0 Å². The van der Waals surface area contributed by atoms with E-state index in [1.807, 2.05) is 0 Å². The number of aliphatic imine (C=N–C) groups is 2. The molecule has 0 radical (unpaired) electrons. The zero-order chi connectivity index (χ0) is 11.0. The van der Waals surface area contributed by atoms with Crippen LogP contribution in [0.1, 0.15) is 0 Å². The molecular formula is C10H12N4. The van der Waals surface area contributed by atoms with Gasteiger partial charge in [-0.2, -0.15) is 5.26 Å². The van der Waals surface area contributed by atoms with Gasteiger partial charge in [-0.15, -0.1) is 0 Å². The fourth-order valence-electron chi connectivity index (χ4n) is 0.667. The summed E-state index contributed by atoms with van der Waals surface area (Å²) >= 11 is 0. The van der Waals surface area contributed by atoms with Crippen molar-refractivity contribution in [1.29, 1.82) is 5.26 Å². The van der Waals surface area contributed by atoms with E-state index >= 15 is 0 Å². The van der Waals surface area contributed by atoms with Gasteiger partial charge in [-0.1, -0.05) is 13.2 Å². The standard InChI is InChI=1S/C10H12N4/c1-8(7-14-9(2)6-12)10(13-3)4-5-11/h4-5,7H,1-2,11H2,3H3. The van der Waals surface area contributed by atoms with Gasteiger partial charge in [0, 0.05) is 18.8 Å². The number of allylic oxidation sites excluding steroid dienone is 3. The summed E-state index contributed by atoms with van der Waals surface area (Å²) in [4.78, 5) is 7.69. The van der Waals surface area contributed by atoms with Gasteiger partial charge in [-0.05, 0) is 12.3 Å². The van der Waals surface area contributed by atoms with Crippen molar-refractivity contribution in [1.82, 2.24) is 0 Å². The maximum atomic E-state index is 8.39. The van der Waals surface area contributed by atoms with E-state index in [2.05, 4.69) is 23.1 Å². The quantitative estimate of drug-likeness (QED) is 0.531. The lowest BCUT2D eigenvalue weighted by Gasteiger charge is -1.96. The Morgan fingerprint density at radius 2 is 2.14 bits per heavy atom. The van der Waals surface area contributed by atoms with Gasteiger partial charge in [0.15, 0.2) is 0 Å². The Kier molecular flexibility index (Phi) is 5.40. The molecule has 4 heteroatoms. The topological polar surface area (TPSA) is 74.5 Å². The van der Waals surface area contributed by atoms with Crippen LogP contribution in [-0.2, 0) is 0 Å². The van der Waals surface area contributed by atoms with E-state index in [0.29, 0.717) is 11.3 Å². The van der Waals surface area contributed by atoms with E-state index in [-0.39, 0.29) is 5.70 Å². The smallest absolute Gasteiger partial charge is 0.133 e. The molecular weight excluding hydrogens is 176 g/mol. The predicted octanol–water partition coefficient (Wildman–Crippen LogP) is 1.19. The highest BCUT2D eigenvalue weighted by atomic mass is 14.7. The highest BCUT2D eigenvalue weighted by Crippen LogP contribution is 1.96.